The van der Waals surface area contributed by atoms with Crippen LogP contribution in [-0.4, -0.2) is 48.3 Å². The number of nitrogens with zero attached hydrogens (tertiary/aromatic N) is 4. The molecule has 4 N–H and O–H groups in total. The summed E-state index contributed by atoms with van der Waals surface area (Å²) in [5.41, 5.74) is 6.65. The van der Waals surface area contributed by atoms with Crippen LogP contribution < -0.4 is 5.73 Å². The topological polar surface area (TPSA) is 146 Å². The van der Waals surface area contributed by atoms with Gasteiger partial charge < -0.3 is 15.6 Å². The number of nitrogen functional groups attached to an aromatic ring is 1. The highest BCUT2D eigenvalue weighted by Crippen LogP contribution is 2.32. The minimum atomic E-state index is -2.72. The maximum Gasteiger partial charge on any atom is 0.694 e. The minimum absolute atomic E-state index is 0.173. The van der Waals surface area contributed by atoms with Crippen LogP contribution in [-0.2, 0) is 13.8 Å². The van der Waals surface area contributed by atoms with Crippen LogP contribution in [0, 0.1) is 0 Å². The molecule has 3 rings (SSSR count). The molecule has 0 aliphatic carbocycles. The van der Waals surface area contributed by atoms with Crippen molar-refractivity contribution in [2.24, 2.45) is 0 Å². The summed E-state index contributed by atoms with van der Waals surface area (Å²) < 4.78 is 22.4. The largest absolute Gasteiger partial charge is 0.694 e. The van der Waals surface area contributed by atoms with Gasteiger partial charge in [0.25, 0.3) is 0 Å². The van der Waals surface area contributed by atoms with Gasteiger partial charge in [-0.05, 0) is 0 Å². The van der Waals surface area contributed by atoms with Gasteiger partial charge in [0.2, 0.25) is 0 Å². The maximum absolute atomic E-state index is 10.5. The average Bonchev–Trinajstić information content (AvgIpc) is 3.01. The molecule has 0 amide bonds. The molecule has 0 bridgehead atoms. The lowest BCUT2D eigenvalue weighted by molar-refractivity contribution is -0.0384. The second kappa shape index (κ2) is 5.58. The van der Waals surface area contributed by atoms with E-state index in [9.17, 15) is 9.67 Å². The molecule has 1 fully saturated rings. The van der Waals surface area contributed by atoms with Crippen LogP contribution in [0.4, 0.5) is 5.82 Å². The molecule has 112 valence electrons. The Labute approximate surface area is 119 Å². The summed E-state index contributed by atoms with van der Waals surface area (Å²) in [4.78, 5) is 20.7. The van der Waals surface area contributed by atoms with Crippen molar-refractivity contribution in [3.05, 3.63) is 12.7 Å². The first-order valence-electron chi connectivity index (χ1n) is 6.12. The first kappa shape index (κ1) is 14.2. The Kier molecular flexibility index (Phi) is 3.79. The van der Waals surface area contributed by atoms with Crippen molar-refractivity contribution in [1.29, 1.82) is 0 Å². The summed E-state index contributed by atoms with van der Waals surface area (Å²) >= 11 is 0. The molecule has 1 aliphatic heterocycles. The molecule has 0 saturated carbocycles. The van der Waals surface area contributed by atoms with Crippen LogP contribution in [0.1, 0.15) is 12.6 Å². The predicted octanol–water partition coefficient (Wildman–Crippen LogP) is -0.277. The number of nitrogens with two attached hydrogens (primary N) is 1. The first-order chi connectivity index (χ1) is 10.1. The smallest absolute Gasteiger partial charge is 0.390 e. The fourth-order valence-electron chi connectivity index (χ4n) is 2.25. The van der Waals surface area contributed by atoms with Gasteiger partial charge >= 0.3 is 8.25 Å². The van der Waals surface area contributed by atoms with Crippen LogP contribution in [0.15, 0.2) is 12.7 Å². The Morgan fingerprint density at radius 2 is 2.33 bits per heavy atom. The number of fused-ring (bicyclic) bond motifs is 1. The third kappa shape index (κ3) is 2.71. The SMILES string of the molecule is Nc1ncnc2c1ncn2[C@@H]1C[C@H](O)[C@H](CO[P+](=O)O)O1. The molecule has 0 spiro atoms. The van der Waals surface area contributed by atoms with E-state index in [-0.39, 0.29) is 18.8 Å². The molecule has 0 radical (unpaired) electrons. The van der Waals surface area contributed by atoms with Crippen molar-refractivity contribution in [3.63, 3.8) is 0 Å². The zero-order valence-corrected chi connectivity index (χ0v) is 11.6. The zero-order chi connectivity index (χ0) is 15.0. The third-order valence-electron chi connectivity index (χ3n) is 3.25. The van der Waals surface area contributed by atoms with E-state index in [2.05, 4.69) is 19.5 Å². The van der Waals surface area contributed by atoms with Crippen LogP contribution in [0.5, 0.6) is 0 Å². The summed E-state index contributed by atoms with van der Waals surface area (Å²) in [6, 6.07) is 0. The second-order valence-corrected chi connectivity index (χ2v) is 5.28. The van der Waals surface area contributed by atoms with Crippen molar-refractivity contribution in [1.82, 2.24) is 19.5 Å². The standard InChI is InChI=1S/C10H12N5O5P/c11-9-8-10(13-3-12-9)15(4-14-8)7-1-5(16)6(20-7)2-19-21(17)18/h3-7,16H,1-2H2,(H2-,11,12,13,17,18)/p+1/t5-,6-,7-/m0/s1. The highest BCUT2D eigenvalue weighted by atomic mass is 31.1. The number of rotatable bonds is 4. The lowest BCUT2D eigenvalue weighted by Gasteiger charge is -2.13. The van der Waals surface area contributed by atoms with Gasteiger partial charge in [0.15, 0.2) is 11.5 Å². The molecule has 2 aromatic rings. The van der Waals surface area contributed by atoms with Gasteiger partial charge in [-0.1, -0.05) is 0 Å². The summed E-state index contributed by atoms with van der Waals surface area (Å²) in [7, 11) is -2.72. The first-order valence-corrected chi connectivity index (χ1v) is 7.25. The Hall–Kier alpha value is -1.71. The zero-order valence-electron chi connectivity index (χ0n) is 10.7. The molecular formula is C10H13N5O5P+. The molecule has 10 nitrogen and oxygen atoms in total. The van der Waals surface area contributed by atoms with Gasteiger partial charge in [-0.25, -0.2) is 15.0 Å². The number of hydrogen-bond acceptors (Lipinski definition) is 8. The number of aliphatic hydroxyl groups excluding tert-OH is 1. The Balaban J connectivity index is 1.81. The lowest BCUT2D eigenvalue weighted by Crippen LogP contribution is -2.25. The fourth-order valence-corrected chi connectivity index (χ4v) is 2.53. The Morgan fingerprint density at radius 1 is 1.52 bits per heavy atom. The Bertz CT molecular complexity index is 679. The molecular weight excluding hydrogens is 301 g/mol. The van der Waals surface area contributed by atoms with E-state index in [0.29, 0.717) is 11.2 Å². The van der Waals surface area contributed by atoms with E-state index in [0.717, 1.165) is 0 Å². The molecule has 1 aliphatic rings. The number of ether oxygens (including phenoxy) is 1. The van der Waals surface area contributed by atoms with Crippen LogP contribution >= 0.6 is 8.25 Å². The van der Waals surface area contributed by atoms with E-state index in [1.165, 1.54) is 12.7 Å². The number of anilines is 1. The number of aliphatic hydroxyl groups is 1. The van der Waals surface area contributed by atoms with Crippen molar-refractivity contribution < 1.29 is 23.8 Å². The third-order valence-corrected chi connectivity index (χ3v) is 3.62. The van der Waals surface area contributed by atoms with Gasteiger partial charge in [0.1, 0.15) is 30.8 Å². The van der Waals surface area contributed by atoms with E-state index in [4.69, 9.17) is 15.4 Å². The fraction of sp³-hybridized carbons (Fsp3) is 0.500. The van der Waals surface area contributed by atoms with Crippen molar-refractivity contribution in [3.8, 4) is 0 Å². The van der Waals surface area contributed by atoms with Crippen LogP contribution in [0.25, 0.3) is 11.2 Å². The summed E-state index contributed by atoms with van der Waals surface area (Å²) in [5.74, 6) is 0.259. The predicted molar refractivity (Wildman–Crippen MR) is 70.0 cm³/mol. The molecule has 3 heterocycles. The van der Waals surface area contributed by atoms with Crippen molar-refractivity contribution in [2.75, 3.05) is 12.3 Å². The van der Waals surface area contributed by atoms with Gasteiger partial charge in [0, 0.05) is 11.0 Å². The summed E-state index contributed by atoms with van der Waals surface area (Å²) in [6.07, 6.45) is 1.08. The Morgan fingerprint density at radius 3 is 3.10 bits per heavy atom. The molecule has 1 unspecified atom stereocenters. The highest BCUT2D eigenvalue weighted by molar-refractivity contribution is 7.32. The molecule has 2 aromatic heterocycles. The monoisotopic (exact) mass is 314 g/mol. The van der Waals surface area contributed by atoms with Crippen molar-refractivity contribution >= 4 is 25.2 Å². The molecule has 0 aromatic carbocycles. The molecule has 4 atom stereocenters. The summed E-state index contributed by atoms with van der Waals surface area (Å²) in [6.45, 7) is -0.173. The van der Waals surface area contributed by atoms with Gasteiger partial charge in [-0.15, -0.1) is 9.42 Å². The van der Waals surface area contributed by atoms with E-state index >= 15 is 0 Å². The number of hydrogen-bond donors (Lipinski definition) is 3. The summed E-state index contributed by atoms with van der Waals surface area (Å²) in [5, 5.41) is 9.93. The molecule has 11 heteroatoms. The van der Waals surface area contributed by atoms with Gasteiger partial charge in [-0.3, -0.25) is 4.57 Å². The van der Waals surface area contributed by atoms with Gasteiger partial charge in [0.05, 0.1) is 12.4 Å². The maximum atomic E-state index is 10.5. The van der Waals surface area contributed by atoms with Crippen molar-refractivity contribution in [2.45, 2.75) is 24.9 Å². The van der Waals surface area contributed by atoms with E-state index in [1.807, 2.05) is 0 Å². The number of aromatic nitrogens is 4. The molecule has 1 saturated heterocycles. The lowest BCUT2D eigenvalue weighted by atomic mass is 10.2. The van der Waals surface area contributed by atoms with Gasteiger partial charge in [-0.2, -0.15) is 0 Å². The quantitative estimate of drug-likeness (QED) is 0.648. The number of imidazole rings is 1. The minimum Gasteiger partial charge on any atom is -0.390 e. The van der Waals surface area contributed by atoms with Crippen LogP contribution in [0.2, 0.25) is 0 Å². The van der Waals surface area contributed by atoms with E-state index < -0.39 is 26.7 Å². The highest BCUT2D eigenvalue weighted by Gasteiger charge is 2.37. The molecule has 21 heavy (non-hydrogen) atoms. The normalized spacial score (nSPS) is 26.4. The van der Waals surface area contributed by atoms with Crippen LogP contribution in [0.3, 0.4) is 0 Å². The van der Waals surface area contributed by atoms with E-state index in [1.54, 1.807) is 4.57 Å². The second-order valence-electron chi connectivity index (χ2n) is 4.55. The average molecular weight is 314 g/mol.